The van der Waals surface area contributed by atoms with Crippen molar-refractivity contribution >= 4 is 39.1 Å². The van der Waals surface area contributed by atoms with Gasteiger partial charge in [-0.1, -0.05) is 42.1 Å². The minimum absolute atomic E-state index is 0.0394. The molecule has 0 aliphatic carbocycles. The van der Waals surface area contributed by atoms with Gasteiger partial charge < -0.3 is 10.1 Å². The zero-order chi connectivity index (χ0) is 24.0. The van der Waals surface area contributed by atoms with Gasteiger partial charge in [-0.05, 0) is 49.4 Å². The second-order valence-corrected chi connectivity index (χ2v) is 9.59. The summed E-state index contributed by atoms with van der Waals surface area (Å²) in [5.41, 5.74) is 0.640. The van der Waals surface area contributed by atoms with Crippen LogP contribution in [0.15, 0.2) is 82.6 Å². The number of nitrogens with zero attached hydrogens (tertiary/aromatic N) is 1. The molecule has 174 valence electrons. The summed E-state index contributed by atoms with van der Waals surface area (Å²) in [6.07, 6.45) is 0. The number of thioether (sulfide) groups is 1. The molecule has 0 aromatic heterocycles. The van der Waals surface area contributed by atoms with Gasteiger partial charge in [0.15, 0.2) is 0 Å². The van der Waals surface area contributed by atoms with Gasteiger partial charge in [0.25, 0.3) is 21.7 Å². The smallest absolute Gasteiger partial charge is 0.288 e. The summed E-state index contributed by atoms with van der Waals surface area (Å²) >= 11 is 0.258. The minimum Gasteiger partial charge on any atom is -0.495 e. The number of amides is 1. The molecule has 33 heavy (non-hydrogen) atoms. The third-order valence-electron chi connectivity index (χ3n) is 4.69. The summed E-state index contributed by atoms with van der Waals surface area (Å²) < 4.78 is 58.9. The molecule has 3 aromatic rings. The Kier molecular flexibility index (Phi) is 7.93. The summed E-state index contributed by atoms with van der Waals surface area (Å²) in [4.78, 5) is 12.9. The Bertz CT molecular complexity index is 1220. The van der Waals surface area contributed by atoms with E-state index in [-0.39, 0.29) is 45.1 Å². The number of hydrogen-bond donors (Lipinski definition) is 1. The summed E-state index contributed by atoms with van der Waals surface area (Å²) in [7, 11) is -2.58. The number of rotatable bonds is 9. The molecule has 0 atom stereocenters. The number of carbonyl (C=O) groups excluding carboxylic acids is 1. The van der Waals surface area contributed by atoms with Gasteiger partial charge in [-0.25, -0.2) is 8.42 Å². The molecule has 1 N–H and O–H groups in total. The van der Waals surface area contributed by atoms with E-state index in [1.807, 2.05) is 0 Å². The molecule has 0 spiro atoms. The van der Waals surface area contributed by atoms with E-state index in [4.69, 9.17) is 4.74 Å². The van der Waals surface area contributed by atoms with Crippen LogP contribution in [0.2, 0.25) is 0 Å². The fraction of sp³-hybridized carbons (Fsp3) is 0.174. The monoisotopic (exact) mass is 492 g/mol. The maximum Gasteiger partial charge on any atom is 0.288 e. The second kappa shape index (κ2) is 10.7. The summed E-state index contributed by atoms with van der Waals surface area (Å²) in [6.45, 7) is 1.91. The molecule has 6 nitrogen and oxygen atoms in total. The molecule has 0 aliphatic heterocycles. The Balaban J connectivity index is 1.97. The maximum absolute atomic E-state index is 13.3. The van der Waals surface area contributed by atoms with Crippen molar-refractivity contribution in [2.45, 2.75) is 22.5 Å². The fourth-order valence-corrected chi connectivity index (χ4v) is 5.34. The van der Waals surface area contributed by atoms with E-state index >= 15 is 0 Å². The van der Waals surface area contributed by atoms with Crippen LogP contribution in [0.4, 0.5) is 20.2 Å². The number of methoxy groups -OCH3 is 1. The van der Waals surface area contributed by atoms with Crippen LogP contribution in [0.3, 0.4) is 0 Å². The molecule has 0 fully saturated rings. The van der Waals surface area contributed by atoms with Gasteiger partial charge >= 0.3 is 0 Å². The first kappa shape index (κ1) is 24.5. The highest BCUT2D eigenvalue weighted by Gasteiger charge is 2.25. The SMILES string of the molecule is CCN(c1ccccc1)S(=O)(=O)c1ccc(OC)c(NC(=O)c2ccccc2SC(F)F)c1. The lowest BCUT2D eigenvalue weighted by molar-refractivity contribution is 0.102. The lowest BCUT2D eigenvalue weighted by Gasteiger charge is -2.23. The number of sulfonamides is 1. The van der Waals surface area contributed by atoms with Crippen LogP contribution in [0.25, 0.3) is 0 Å². The van der Waals surface area contributed by atoms with E-state index in [1.165, 1.54) is 41.7 Å². The Morgan fingerprint density at radius 3 is 2.36 bits per heavy atom. The average molecular weight is 493 g/mol. The normalized spacial score (nSPS) is 11.3. The Labute approximate surface area is 195 Å². The van der Waals surface area contributed by atoms with Crippen LogP contribution in [0.1, 0.15) is 17.3 Å². The highest BCUT2D eigenvalue weighted by atomic mass is 32.2. The first-order valence-corrected chi connectivity index (χ1v) is 12.2. The zero-order valence-corrected chi connectivity index (χ0v) is 19.5. The Hall–Kier alpha value is -3.11. The van der Waals surface area contributed by atoms with Crippen molar-refractivity contribution in [2.75, 3.05) is 23.3 Å². The van der Waals surface area contributed by atoms with Gasteiger partial charge in [0, 0.05) is 11.4 Å². The van der Waals surface area contributed by atoms with Gasteiger partial charge in [0.1, 0.15) is 5.75 Å². The molecule has 0 unspecified atom stereocenters. The zero-order valence-electron chi connectivity index (χ0n) is 17.9. The lowest BCUT2D eigenvalue weighted by atomic mass is 10.2. The van der Waals surface area contributed by atoms with Crippen molar-refractivity contribution in [2.24, 2.45) is 0 Å². The topological polar surface area (TPSA) is 75.7 Å². The van der Waals surface area contributed by atoms with Crippen molar-refractivity contribution in [1.29, 1.82) is 0 Å². The number of halogens is 2. The molecule has 0 heterocycles. The van der Waals surface area contributed by atoms with Crippen molar-refractivity contribution in [3.05, 3.63) is 78.4 Å². The van der Waals surface area contributed by atoms with Crippen LogP contribution < -0.4 is 14.4 Å². The third kappa shape index (κ3) is 5.63. The number of benzene rings is 3. The van der Waals surface area contributed by atoms with Crippen molar-refractivity contribution < 1.29 is 26.7 Å². The van der Waals surface area contributed by atoms with Gasteiger partial charge in [0.2, 0.25) is 0 Å². The lowest BCUT2D eigenvalue weighted by Crippen LogP contribution is -2.30. The predicted molar refractivity (Wildman–Crippen MR) is 126 cm³/mol. The van der Waals surface area contributed by atoms with Crippen molar-refractivity contribution in [3.8, 4) is 5.75 Å². The molecule has 0 saturated heterocycles. The maximum atomic E-state index is 13.3. The van der Waals surface area contributed by atoms with Crippen LogP contribution in [-0.4, -0.2) is 33.7 Å². The summed E-state index contributed by atoms with van der Waals surface area (Å²) in [5, 5.41) is 2.60. The highest BCUT2D eigenvalue weighted by Crippen LogP contribution is 2.33. The number of anilines is 2. The van der Waals surface area contributed by atoms with Crippen molar-refractivity contribution in [3.63, 3.8) is 0 Å². The highest BCUT2D eigenvalue weighted by molar-refractivity contribution is 7.99. The molecule has 0 aliphatic rings. The molecule has 1 amide bonds. The Morgan fingerprint density at radius 2 is 1.73 bits per heavy atom. The first-order chi connectivity index (χ1) is 15.8. The fourth-order valence-electron chi connectivity index (χ4n) is 3.20. The van der Waals surface area contributed by atoms with Gasteiger partial charge in [-0.3, -0.25) is 9.10 Å². The second-order valence-electron chi connectivity index (χ2n) is 6.70. The van der Waals surface area contributed by atoms with E-state index < -0.39 is 21.7 Å². The van der Waals surface area contributed by atoms with E-state index in [0.717, 1.165) is 0 Å². The quantitative estimate of drug-likeness (QED) is 0.401. The number of carbonyl (C=O) groups is 1. The van der Waals surface area contributed by atoms with E-state index in [9.17, 15) is 22.0 Å². The number of para-hydroxylation sites is 1. The summed E-state index contributed by atoms with van der Waals surface area (Å²) in [5.74, 6) is -3.13. The van der Waals surface area contributed by atoms with Gasteiger partial charge in [0.05, 0.1) is 28.9 Å². The molecule has 3 aromatic carbocycles. The number of alkyl halides is 2. The van der Waals surface area contributed by atoms with Crippen LogP contribution in [0, 0.1) is 0 Å². The largest absolute Gasteiger partial charge is 0.495 e. The molecule has 10 heteroatoms. The molecular weight excluding hydrogens is 470 g/mol. The molecule has 0 bridgehead atoms. The average Bonchev–Trinajstić information content (AvgIpc) is 2.80. The first-order valence-electron chi connectivity index (χ1n) is 9.89. The predicted octanol–water partition coefficient (Wildman–Crippen LogP) is 5.48. The van der Waals surface area contributed by atoms with Gasteiger partial charge in [-0.15, -0.1) is 0 Å². The van der Waals surface area contributed by atoms with Gasteiger partial charge in [-0.2, -0.15) is 8.78 Å². The Morgan fingerprint density at radius 1 is 1.06 bits per heavy atom. The summed E-state index contributed by atoms with van der Waals surface area (Å²) in [6, 6.07) is 18.7. The molecule has 3 rings (SSSR count). The van der Waals surface area contributed by atoms with Crippen LogP contribution >= 0.6 is 11.8 Å². The molecule has 0 radical (unpaired) electrons. The van der Waals surface area contributed by atoms with Crippen LogP contribution in [-0.2, 0) is 10.0 Å². The number of hydrogen-bond acceptors (Lipinski definition) is 5. The van der Waals surface area contributed by atoms with E-state index in [1.54, 1.807) is 49.4 Å². The van der Waals surface area contributed by atoms with Crippen molar-refractivity contribution in [1.82, 2.24) is 0 Å². The number of ether oxygens (including phenoxy) is 1. The van der Waals surface area contributed by atoms with E-state index in [2.05, 4.69) is 5.32 Å². The standard InChI is InChI=1S/C23H22F2N2O4S2/c1-3-27(16-9-5-4-6-10-16)33(29,30)17-13-14-20(31-2)19(15-17)26-22(28)18-11-7-8-12-21(18)32-23(24)25/h4-15,23H,3H2,1-2H3,(H,26,28). The van der Waals surface area contributed by atoms with Crippen LogP contribution in [0.5, 0.6) is 5.75 Å². The third-order valence-corrected chi connectivity index (χ3v) is 7.37. The molecular formula is C23H22F2N2O4S2. The molecule has 0 saturated carbocycles. The van der Waals surface area contributed by atoms with E-state index in [0.29, 0.717) is 5.69 Å². The minimum atomic E-state index is -3.95. The number of nitrogens with one attached hydrogen (secondary N) is 1.